The molecule has 2 aromatic carbocycles. The average molecular weight is 382 g/mol. The number of carbonyl (C=O) groups is 1. The highest BCUT2D eigenvalue weighted by molar-refractivity contribution is 5.76. The number of carbonyl (C=O) groups excluding carboxylic acids is 1. The quantitative estimate of drug-likeness (QED) is 0.690. The Morgan fingerprint density at radius 2 is 1.96 bits per heavy atom. The molecule has 1 saturated heterocycles. The molecule has 0 saturated carbocycles. The number of ether oxygens (including phenoxy) is 1. The van der Waals surface area contributed by atoms with Gasteiger partial charge in [0.15, 0.2) is 0 Å². The predicted molar refractivity (Wildman–Crippen MR) is 113 cm³/mol. The first kappa shape index (κ1) is 20.4. The standard InChI is InChI=1S/C23H31N3O2/c1-2-21(25-23(27)13-12-19-10-6-7-11-20(19)24)22-17-26(14-15-28-22)16-18-8-4-3-5-9-18/h3-11,21-22H,2,12-17,24H2,1H3,(H,25,27). The number of benzene rings is 2. The summed E-state index contributed by atoms with van der Waals surface area (Å²) in [5.74, 6) is 0.0545. The second-order valence-electron chi connectivity index (χ2n) is 7.41. The fraction of sp³-hybridized carbons (Fsp3) is 0.435. The van der Waals surface area contributed by atoms with E-state index in [1.165, 1.54) is 5.56 Å². The van der Waals surface area contributed by atoms with Crippen LogP contribution in [-0.4, -0.2) is 42.6 Å². The van der Waals surface area contributed by atoms with Gasteiger partial charge in [-0.15, -0.1) is 0 Å². The van der Waals surface area contributed by atoms with Crippen molar-refractivity contribution in [1.82, 2.24) is 10.2 Å². The predicted octanol–water partition coefficient (Wildman–Crippen LogP) is 3.00. The molecule has 0 aliphatic carbocycles. The molecule has 3 N–H and O–H groups in total. The van der Waals surface area contributed by atoms with Gasteiger partial charge in [-0.3, -0.25) is 9.69 Å². The number of aryl methyl sites for hydroxylation is 1. The summed E-state index contributed by atoms with van der Waals surface area (Å²) in [6.07, 6.45) is 1.96. The van der Waals surface area contributed by atoms with Crippen molar-refractivity contribution in [2.75, 3.05) is 25.4 Å². The van der Waals surface area contributed by atoms with Crippen molar-refractivity contribution >= 4 is 11.6 Å². The van der Waals surface area contributed by atoms with Gasteiger partial charge in [-0.2, -0.15) is 0 Å². The van der Waals surface area contributed by atoms with Gasteiger partial charge in [0.25, 0.3) is 0 Å². The molecule has 0 bridgehead atoms. The minimum atomic E-state index is 0.0215. The normalized spacial score (nSPS) is 18.5. The first-order chi connectivity index (χ1) is 13.7. The molecule has 2 unspecified atom stereocenters. The maximum atomic E-state index is 12.5. The summed E-state index contributed by atoms with van der Waals surface area (Å²) in [6.45, 7) is 5.46. The van der Waals surface area contributed by atoms with Crippen molar-refractivity contribution in [3.63, 3.8) is 0 Å². The number of anilines is 1. The van der Waals surface area contributed by atoms with Crippen LogP contribution >= 0.6 is 0 Å². The van der Waals surface area contributed by atoms with Crippen LogP contribution in [-0.2, 0) is 22.5 Å². The maximum absolute atomic E-state index is 12.5. The lowest BCUT2D eigenvalue weighted by atomic mass is 10.0. The number of hydrogen-bond acceptors (Lipinski definition) is 4. The van der Waals surface area contributed by atoms with Crippen molar-refractivity contribution in [3.8, 4) is 0 Å². The number of morpholine rings is 1. The summed E-state index contributed by atoms with van der Waals surface area (Å²) in [4.78, 5) is 14.9. The van der Waals surface area contributed by atoms with E-state index >= 15 is 0 Å². The summed E-state index contributed by atoms with van der Waals surface area (Å²) in [7, 11) is 0. The summed E-state index contributed by atoms with van der Waals surface area (Å²) in [5.41, 5.74) is 9.05. The Bertz CT molecular complexity index is 751. The molecule has 5 heteroatoms. The third-order valence-electron chi connectivity index (χ3n) is 5.34. The van der Waals surface area contributed by atoms with Gasteiger partial charge < -0.3 is 15.8 Å². The van der Waals surface area contributed by atoms with Gasteiger partial charge in [0.1, 0.15) is 0 Å². The smallest absolute Gasteiger partial charge is 0.220 e. The van der Waals surface area contributed by atoms with Crippen molar-refractivity contribution in [2.24, 2.45) is 0 Å². The summed E-state index contributed by atoms with van der Waals surface area (Å²) < 4.78 is 6.01. The van der Waals surface area contributed by atoms with Crippen molar-refractivity contribution in [3.05, 3.63) is 65.7 Å². The molecular formula is C23H31N3O2. The number of hydrogen-bond donors (Lipinski definition) is 2. The number of amides is 1. The van der Waals surface area contributed by atoms with Crippen LogP contribution in [0.3, 0.4) is 0 Å². The Balaban J connectivity index is 1.50. The van der Waals surface area contributed by atoms with Crippen LogP contribution in [0.5, 0.6) is 0 Å². The van der Waals surface area contributed by atoms with Crippen LogP contribution in [0.2, 0.25) is 0 Å². The van der Waals surface area contributed by atoms with Crippen LogP contribution in [0.1, 0.15) is 30.9 Å². The number of nitrogen functional groups attached to an aromatic ring is 1. The summed E-state index contributed by atoms with van der Waals surface area (Å²) >= 11 is 0. The summed E-state index contributed by atoms with van der Waals surface area (Å²) in [5, 5.41) is 3.18. The lowest BCUT2D eigenvalue weighted by molar-refractivity contribution is -0.124. The molecular weight excluding hydrogens is 350 g/mol. The van der Waals surface area contributed by atoms with Crippen LogP contribution in [0.25, 0.3) is 0 Å². The minimum absolute atomic E-state index is 0.0215. The highest BCUT2D eigenvalue weighted by Gasteiger charge is 2.28. The van der Waals surface area contributed by atoms with Crippen LogP contribution < -0.4 is 11.1 Å². The first-order valence-corrected chi connectivity index (χ1v) is 10.2. The minimum Gasteiger partial charge on any atom is -0.399 e. The lowest BCUT2D eigenvalue weighted by Crippen LogP contribution is -2.53. The largest absolute Gasteiger partial charge is 0.399 e. The molecule has 0 spiro atoms. The summed E-state index contributed by atoms with van der Waals surface area (Å²) in [6, 6.07) is 18.2. The zero-order valence-corrected chi connectivity index (χ0v) is 16.6. The van der Waals surface area contributed by atoms with E-state index in [-0.39, 0.29) is 18.1 Å². The number of nitrogens with zero attached hydrogens (tertiary/aromatic N) is 1. The Morgan fingerprint density at radius 1 is 1.21 bits per heavy atom. The fourth-order valence-corrected chi connectivity index (χ4v) is 3.71. The second-order valence-corrected chi connectivity index (χ2v) is 7.41. The molecule has 1 aliphatic heterocycles. The number of rotatable bonds is 8. The van der Waals surface area contributed by atoms with Crippen LogP contribution in [0.15, 0.2) is 54.6 Å². The lowest BCUT2D eigenvalue weighted by Gasteiger charge is -2.37. The Labute approximate surface area is 167 Å². The molecule has 2 atom stereocenters. The van der Waals surface area contributed by atoms with Gasteiger partial charge >= 0.3 is 0 Å². The molecule has 1 aliphatic rings. The fourth-order valence-electron chi connectivity index (χ4n) is 3.71. The molecule has 1 heterocycles. The monoisotopic (exact) mass is 381 g/mol. The van der Waals surface area contributed by atoms with E-state index in [9.17, 15) is 4.79 Å². The van der Waals surface area contributed by atoms with Gasteiger partial charge in [0.05, 0.1) is 18.8 Å². The molecule has 5 nitrogen and oxygen atoms in total. The van der Waals surface area contributed by atoms with Crippen LogP contribution in [0.4, 0.5) is 5.69 Å². The van der Waals surface area contributed by atoms with E-state index in [1.807, 2.05) is 30.3 Å². The Morgan fingerprint density at radius 3 is 2.71 bits per heavy atom. The number of nitrogens with two attached hydrogens (primary N) is 1. The molecule has 0 radical (unpaired) electrons. The SMILES string of the molecule is CCC(NC(=O)CCc1ccccc1N)C1CN(Cc2ccccc2)CCO1. The Kier molecular flexibility index (Phi) is 7.46. The zero-order chi connectivity index (χ0) is 19.8. The third kappa shape index (κ3) is 5.81. The highest BCUT2D eigenvalue weighted by Crippen LogP contribution is 2.16. The second kappa shape index (κ2) is 10.2. The molecule has 2 aromatic rings. The van der Waals surface area contributed by atoms with Crippen molar-refractivity contribution < 1.29 is 9.53 Å². The molecule has 150 valence electrons. The van der Waals surface area contributed by atoms with Crippen LogP contribution in [0, 0.1) is 0 Å². The van der Waals surface area contributed by atoms with E-state index in [2.05, 4.69) is 41.4 Å². The van der Waals surface area contributed by atoms with E-state index < -0.39 is 0 Å². The molecule has 1 fully saturated rings. The van der Waals surface area contributed by atoms with Gasteiger partial charge in [-0.05, 0) is 30.0 Å². The zero-order valence-electron chi connectivity index (χ0n) is 16.6. The maximum Gasteiger partial charge on any atom is 0.220 e. The average Bonchev–Trinajstić information content (AvgIpc) is 2.72. The van der Waals surface area contributed by atoms with Gasteiger partial charge in [0.2, 0.25) is 5.91 Å². The van der Waals surface area contributed by atoms with Gasteiger partial charge in [0, 0.05) is 31.7 Å². The first-order valence-electron chi connectivity index (χ1n) is 10.2. The van der Waals surface area contributed by atoms with Crippen molar-refractivity contribution in [2.45, 2.75) is 44.9 Å². The molecule has 1 amide bonds. The van der Waals surface area contributed by atoms with Gasteiger partial charge in [-0.1, -0.05) is 55.5 Å². The van der Waals surface area contributed by atoms with Crippen molar-refractivity contribution in [1.29, 1.82) is 0 Å². The third-order valence-corrected chi connectivity index (χ3v) is 5.34. The van der Waals surface area contributed by atoms with E-state index in [0.29, 0.717) is 19.4 Å². The molecule has 0 aromatic heterocycles. The van der Waals surface area contributed by atoms with E-state index in [0.717, 1.165) is 37.3 Å². The highest BCUT2D eigenvalue weighted by atomic mass is 16.5. The molecule has 28 heavy (non-hydrogen) atoms. The number of nitrogens with one attached hydrogen (secondary N) is 1. The van der Waals surface area contributed by atoms with Gasteiger partial charge in [-0.25, -0.2) is 0 Å². The molecule has 3 rings (SSSR count). The number of para-hydroxylation sites is 1. The van der Waals surface area contributed by atoms with E-state index in [4.69, 9.17) is 10.5 Å². The Hall–Kier alpha value is -2.37. The van der Waals surface area contributed by atoms with E-state index in [1.54, 1.807) is 0 Å². The topological polar surface area (TPSA) is 67.6 Å².